The molecule has 0 aliphatic heterocycles. The van der Waals surface area contributed by atoms with Crippen LogP contribution in [0.5, 0.6) is 23.0 Å². The van der Waals surface area contributed by atoms with Gasteiger partial charge < -0.3 is 34.9 Å². The van der Waals surface area contributed by atoms with Gasteiger partial charge in [0.15, 0.2) is 11.5 Å². The van der Waals surface area contributed by atoms with E-state index in [0.29, 0.717) is 48.8 Å². The average Bonchev–Trinajstić information content (AvgIpc) is 3.61. The minimum atomic E-state index is -0.547. The molecule has 6 aromatic rings. The lowest BCUT2D eigenvalue weighted by atomic mass is 10.0. The minimum absolute atomic E-state index is 0.00608. The second kappa shape index (κ2) is 14.5. The number of phenolic OH excluding ortho intramolecular Hbond substituents is 2. The van der Waals surface area contributed by atoms with E-state index in [9.17, 15) is 20.1 Å². The third kappa shape index (κ3) is 8.17. The largest absolute Gasteiger partial charge is 0.508 e. The van der Waals surface area contributed by atoms with Crippen LogP contribution in [0.3, 0.4) is 0 Å². The fraction of sp³-hybridized carbons (Fsp3) is 0.205. The van der Waals surface area contributed by atoms with Gasteiger partial charge in [0.2, 0.25) is 5.91 Å². The van der Waals surface area contributed by atoms with E-state index in [1.54, 1.807) is 49.9 Å². The summed E-state index contributed by atoms with van der Waals surface area (Å²) in [5, 5.41) is 31.1. The summed E-state index contributed by atoms with van der Waals surface area (Å²) in [5.74, 6) is 0.537. The molecule has 6 rings (SSSR count). The zero-order valence-electron chi connectivity index (χ0n) is 27.5. The number of aromatic nitrogens is 4. The summed E-state index contributed by atoms with van der Waals surface area (Å²) < 4.78 is 9.98. The standard InChI is InChI=1S/C39H39N5O5/c1-25-6-3-9-30(14-25)39-35(15-26(2)45)44(24-42-39)22-29-12-13-37(36(47)19-29)49-32-11-5-7-27(17-32)18-33-34(20-38(40)48)43(23-41-33)21-28-8-4-10-31(46)16-28/h3-14,16-17,19,23-24,26,45-47H,15,18,20-22H2,1-2H3,(H2,40,48). The molecule has 10 heteroatoms. The zero-order chi connectivity index (χ0) is 34.5. The normalized spacial score (nSPS) is 11.8. The number of carbonyl (C=O) groups is 1. The second-order valence-corrected chi connectivity index (χ2v) is 12.4. The third-order valence-corrected chi connectivity index (χ3v) is 8.24. The Morgan fingerprint density at radius 2 is 1.55 bits per heavy atom. The van der Waals surface area contributed by atoms with Gasteiger partial charge in [-0.1, -0.05) is 54.1 Å². The van der Waals surface area contributed by atoms with Gasteiger partial charge in [0, 0.05) is 37.2 Å². The summed E-state index contributed by atoms with van der Waals surface area (Å²) in [5.41, 5.74) is 13.5. The Morgan fingerprint density at radius 1 is 0.837 bits per heavy atom. The molecule has 250 valence electrons. The predicted octanol–water partition coefficient (Wildman–Crippen LogP) is 5.90. The van der Waals surface area contributed by atoms with E-state index in [2.05, 4.69) is 16.0 Å². The number of aryl methyl sites for hydroxylation is 1. The molecule has 49 heavy (non-hydrogen) atoms. The number of aliphatic hydroxyl groups excluding tert-OH is 1. The summed E-state index contributed by atoms with van der Waals surface area (Å²) >= 11 is 0. The van der Waals surface area contributed by atoms with Gasteiger partial charge in [-0.3, -0.25) is 4.79 Å². The van der Waals surface area contributed by atoms with Crippen LogP contribution in [0.25, 0.3) is 11.3 Å². The van der Waals surface area contributed by atoms with Gasteiger partial charge in [-0.2, -0.15) is 0 Å². The Bertz CT molecular complexity index is 2100. The highest BCUT2D eigenvalue weighted by atomic mass is 16.5. The molecule has 0 saturated carbocycles. The van der Waals surface area contributed by atoms with Crippen molar-refractivity contribution in [1.29, 1.82) is 0 Å². The van der Waals surface area contributed by atoms with Gasteiger partial charge in [-0.15, -0.1) is 0 Å². The Morgan fingerprint density at radius 3 is 2.29 bits per heavy atom. The lowest BCUT2D eigenvalue weighted by Crippen LogP contribution is -2.18. The molecule has 0 radical (unpaired) electrons. The number of aromatic hydroxyl groups is 2. The maximum atomic E-state index is 12.0. The van der Waals surface area contributed by atoms with Crippen molar-refractivity contribution in [1.82, 2.24) is 19.1 Å². The fourth-order valence-electron chi connectivity index (χ4n) is 6.01. The molecule has 10 nitrogen and oxygen atoms in total. The number of phenols is 2. The van der Waals surface area contributed by atoms with E-state index in [0.717, 1.165) is 39.2 Å². The lowest BCUT2D eigenvalue weighted by Gasteiger charge is -2.14. The number of carbonyl (C=O) groups excluding carboxylic acids is 1. The highest BCUT2D eigenvalue weighted by Gasteiger charge is 2.18. The SMILES string of the molecule is Cc1cccc(-c2ncn(Cc3ccc(Oc4cccc(Cc5ncn(Cc6cccc(O)c6)c5CC(N)=O)c4)c(O)c3)c2CC(C)O)c1. The first-order chi connectivity index (χ1) is 23.6. The molecule has 4 aromatic carbocycles. The van der Waals surface area contributed by atoms with Crippen molar-refractivity contribution in [2.75, 3.05) is 0 Å². The Hall–Kier alpha value is -5.87. The number of nitrogens with two attached hydrogens (primary N) is 1. The van der Waals surface area contributed by atoms with Crippen molar-refractivity contribution in [3.8, 4) is 34.3 Å². The molecule has 5 N–H and O–H groups in total. The van der Waals surface area contributed by atoms with Crippen LogP contribution in [0.2, 0.25) is 0 Å². The number of amides is 1. The molecular formula is C39H39N5O5. The summed E-state index contributed by atoms with van der Waals surface area (Å²) in [6, 6.07) is 27.9. The highest BCUT2D eigenvalue weighted by Crippen LogP contribution is 2.33. The van der Waals surface area contributed by atoms with Gasteiger partial charge in [0.25, 0.3) is 0 Å². The first kappa shape index (κ1) is 33.0. The van der Waals surface area contributed by atoms with Crippen molar-refractivity contribution in [3.63, 3.8) is 0 Å². The van der Waals surface area contributed by atoms with E-state index in [1.807, 2.05) is 70.7 Å². The fourth-order valence-corrected chi connectivity index (χ4v) is 6.01. The van der Waals surface area contributed by atoms with Crippen LogP contribution in [0.4, 0.5) is 0 Å². The maximum Gasteiger partial charge on any atom is 0.223 e. The Balaban J connectivity index is 1.18. The molecule has 1 atom stereocenters. The first-order valence-electron chi connectivity index (χ1n) is 16.1. The van der Waals surface area contributed by atoms with E-state index in [4.69, 9.17) is 10.5 Å². The van der Waals surface area contributed by atoms with Crippen LogP contribution < -0.4 is 10.5 Å². The molecule has 0 bridgehead atoms. The van der Waals surface area contributed by atoms with E-state index >= 15 is 0 Å². The van der Waals surface area contributed by atoms with Crippen LogP contribution >= 0.6 is 0 Å². The number of imidazole rings is 2. The lowest BCUT2D eigenvalue weighted by molar-refractivity contribution is -0.117. The van der Waals surface area contributed by atoms with Crippen LogP contribution in [0.15, 0.2) is 104 Å². The number of ether oxygens (including phenoxy) is 1. The molecule has 0 aliphatic rings. The van der Waals surface area contributed by atoms with Crippen molar-refractivity contribution in [2.24, 2.45) is 5.73 Å². The number of aliphatic hydroxyl groups is 1. The molecule has 0 aliphatic carbocycles. The van der Waals surface area contributed by atoms with E-state index < -0.39 is 12.0 Å². The van der Waals surface area contributed by atoms with Gasteiger partial charge in [-0.25, -0.2) is 9.97 Å². The Kier molecular flexibility index (Phi) is 9.77. The topological polar surface area (TPSA) is 149 Å². The smallest absolute Gasteiger partial charge is 0.223 e. The Labute approximate surface area is 284 Å². The summed E-state index contributed by atoms with van der Waals surface area (Å²) in [6.45, 7) is 4.68. The number of rotatable bonds is 13. The van der Waals surface area contributed by atoms with Crippen LogP contribution in [0, 0.1) is 6.92 Å². The van der Waals surface area contributed by atoms with E-state index in [-0.39, 0.29) is 17.9 Å². The van der Waals surface area contributed by atoms with Crippen molar-refractivity contribution in [2.45, 2.75) is 52.3 Å². The van der Waals surface area contributed by atoms with Gasteiger partial charge in [0.1, 0.15) is 11.5 Å². The van der Waals surface area contributed by atoms with Crippen molar-refractivity contribution < 1.29 is 24.9 Å². The molecule has 0 fully saturated rings. The van der Waals surface area contributed by atoms with Crippen molar-refractivity contribution >= 4 is 5.91 Å². The predicted molar refractivity (Wildman–Crippen MR) is 187 cm³/mol. The van der Waals surface area contributed by atoms with Crippen LogP contribution in [-0.2, 0) is 37.1 Å². The highest BCUT2D eigenvalue weighted by molar-refractivity contribution is 5.76. The second-order valence-electron chi connectivity index (χ2n) is 12.4. The first-order valence-corrected chi connectivity index (χ1v) is 16.1. The quantitative estimate of drug-likeness (QED) is 0.121. The number of hydrogen-bond donors (Lipinski definition) is 4. The van der Waals surface area contributed by atoms with E-state index in [1.165, 1.54) is 0 Å². The van der Waals surface area contributed by atoms with Crippen molar-refractivity contribution in [3.05, 3.63) is 143 Å². The summed E-state index contributed by atoms with van der Waals surface area (Å²) in [6.07, 6.45) is 3.80. The molecule has 1 amide bonds. The molecule has 0 saturated heterocycles. The number of hydrogen-bond acceptors (Lipinski definition) is 7. The molecular weight excluding hydrogens is 618 g/mol. The molecule has 1 unspecified atom stereocenters. The van der Waals surface area contributed by atoms with Gasteiger partial charge in [0.05, 0.1) is 42.3 Å². The number of benzene rings is 4. The molecule has 0 spiro atoms. The van der Waals surface area contributed by atoms with Crippen LogP contribution in [-0.4, -0.2) is 46.4 Å². The zero-order valence-corrected chi connectivity index (χ0v) is 27.5. The van der Waals surface area contributed by atoms with Gasteiger partial charge >= 0.3 is 0 Å². The average molecular weight is 658 g/mol. The van der Waals surface area contributed by atoms with Gasteiger partial charge in [-0.05, 0) is 73.0 Å². The summed E-state index contributed by atoms with van der Waals surface area (Å²) in [4.78, 5) is 21.2. The molecule has 2 heterocycles. The minimum Gasteiger partial charge on any atom is -0.508 e. The number of primary amides is 1. The maximum absolute atomic E-state index is 12.0. The van der Waals surface area contributed by atoms with Crippen LogP contribution in [0.1, 0.15) is 46.3 Å². The third-order valence-electron chi connectivity index (χ3n) is 8.24. The number of nitrogens with zero attached hydrogens (tertiary/aromatic N) is 4. The summed E-state index contributed by atoms with van der Waals surface area (Å²) in [7, 11) is 0. The monoisotopic (exact) mass is 657 g/mol. The molecule has 2 aromatic heterocycles.